The molecule has 0 bridgehead atoms. The van der Waals surface area contributed by atoms with E-state index in [2.05, 4.69) is 11.1 Å². The molecule has 0 aliphatic carbocycles. The second-order valence-electron chi connectivity index (χ2n) is 5.11. The van der Waals surface area contributed by atoms with Crippen LogP contribution in [0.3, 0.4) is 0 Å². The molecular weight excluding hydrogens is 250 g/mol. The molecule has 2 heterocycles. The first kappa shape index (κ1) is 12.9. The maximum absolute atomic E-state index is 10.2. The van der Waals surface area contributed by atoms with Gasteiger partial charge in [-0.2, -0.15) is 0 Å². The Morgan fingerprint density at radius 3 is 2.95 bits per heavy atom. The van der Waals surface area contributed by atoms with Gasteiger partial charge in [0.05, 0.1) is 0 Å². The minimum Gasteiger partial charge on any atom is -0.458 e. The number of pyridine rings is 1. The molecule has 0 amide bonds. The Balaban J connectivity index is 1.73. The Bertz CT molecular complexity index is 703. The summed E-state index contributed by atoms with van der Waals surface area (Å²) < 4.78 is 5.71. The summed E-state index contributed by atoms with van der Waals surface area (Å²) in [5.41, 5.74) is 3.14. The first-order valence-corrected chi connectivity index (χ1v) is 6.79. The molecule has 0 aliphatic rings. The second-order valence-corrected chi connectivity index (χ2v) is 5.11. The molecule has 3 heteroatoms. The van der Waals surface area contributed by atoms with E-state index < -0.39 is 6.10 Å². The van der Waals surface area contributed by atoms with Crippen LogP contribution in [0.25, 0.3) is 11.0 Å². The number of furan rings is 1. The van der Waals surface area contributed by atoms with E-state index in [1.165, 1.54) is 5.56 Å². The molecule has 1 N–H and O–H groups in total. The van der Waals surface area contributed by atoms with E-state index in [-0.39, 0.29) is 0 Å². The second kappa shape index (κ2) is 5.47. The Labute approximate surface area is 117 Å². The van der Waals surface area contributed by atoms with Gasteiger partial charge >= 0.3 is 0 Å². The monoisotopic (exact) mass is 267 g/mol. The average Bonchev–Trinajstić information content (AvgIpc) is 2.89. The Hall–Kier alpha value is -2.13. The molecule has 0 radical (unpaired) electrons. The molecule has 3 aromatic rings. The van der Waals surface area contributed by atoms with Gasteiger partial charge in [0.1, 0.15) is 17.4 Å². The quantitative estimate of drug-likeness (QED) is 0.782. The summed E-state index contributed by atoms with van der Waals surface area (Å²) in [6.07, 6.45) is 4.41. The summed E-state index contributed by atoms with van der Waals surface area (Å²) in [6, 6.07) is 11.9. The van der Waals surface area contributed by atoms with Crippen molar-refractivity contribution in [1.82, 2.24) is 4.98 Å². The van der Waals surface area contributed by atoms with Crippen molar-refractivity contribution in [1.29, 1.82) is 0 Å². The molecule has 0 fully saturated rings. The van der Waals surface area contributed by atoms with Crippen molar-refractivity contribution in [3.05, 3.63) is 65.7 Å². The van der Waals surface area contributed by atoms with E-state index >= 15 is 0 Å². The molecule has 1 atom stereocenters. The number of nitrogens with zero attached hydrogens (tertiary/aromatic N) is 1. The fraction of sp³-hybridized carbons (Fsp3) is 0.235. The molecule has 3 rings (SSSR count). The first-order valence-electron chi connectivity index (χ1n) is 6.79. The Morgan fingerprint density at radius 2 is 2.15 bits per heavy atom. The van der Waals surface area contributed by atoms with Crippen LogP contribution < -0.4 is 0 Å². The van der Waals surface area contributed by atoms with Crippen molar-refractivity contribution in [3.63, 3.8) is 0 Å². The van der Waals surface area contributed by atoms with Crippen molar-refractivity contribution >= 4 is 11.0 Å². The van der Waals surface area contributed by atoms with Gasteiger partial charge < -0.3 is 9.52 Å². The number of benzene rings is 1. The van der Waals surface area contributed by atoms with Gasteiger partial charge in [0.2, 0.25) is 0 Å². The molecule has 0 aliphatic heterocycles. The molecular formula is C17H17NO2. The fourth-order valence-electron chi connectivity index (χ4n) is 2.34. The van der Waals surface area contributed by atoms with Crippen LogP contribution in [0.4, 0.5) is 0 Å². The van der Waals surface area contributed by atoms with E-state index in [9.17, 15) is 5.11 Å². The molecule has 3 nitrogen and oxygen atoms in total. The smallest absolute Gasteiger partial charge is 0.134 e. The molecule has 1 unspecified atom stereocenters. The highest BCUT2D eigenvalue weighted by molar-refractivity contribution is 5.78. The maximum Gasteiger partial charge on any atom is 0.134 e. The van der Waals surface area contributed by atoms with Crippen molar-refractivity contribution in [2.45, 2.75) is 25.9 Å². The van der Waals surface area contributed by atoms with Crippen LogP contribution in [0.15, 0.2) is 53.2 Å². The number of hydrogen-bond acceptors (Lipinski definition) is 3. The summed E-state index contributed by atoms with van der Waals surface area (Å²) in [7, 11) is 0. The van der Waals surface area contributed by atoms with Gasteiger partial charge in [-0.3, -0.25) is 4.98 Å². The van der Waals surface area contributed by atoms with E-state index in [0.717, 1.165) is 23.0 Å². The number of aliphatic hydroxyl groups is 1. The van der Waals surface area contributed by atoms with Crippen LogP contribution in [0.5, 0.6) is 0 Å². The lowest BCUT2D eigenvalue weighted by atomic mass is 10.1. The normalized spacial score (nSPS) is 12.7. The zero-order valence-electron chi connectivity index (χ0n) is 11.4. The predicted molar refractivity (Wildman–Crippen MR) is 78.5 cm³/mol. The SMILES string of the molecule is Cc1ccc2oc(C(O)CCc3cccnc3)cc2c1. The highest BCUT2D eigenvalue weighted by atomic mass is 16.4. The summed E-state index contributed by atoms with van der Waals surface area (Å²) >= 11 is 0. The number of aliphatic hydroxyl groups excluding tert-OH is 1. The van der Waals surface area contributed by atoms with E-state index in [0.29, 0.717) is 12.2 Å². The molecule has 2 aromatic heterocycles. The molecule has 0 spiro atoms. The first-order chi connectivity index (χ1) is 9.72. The summed E-state index contributed by atoms with van der Waals surface area (Å²) in [6.45, 7) is 2.05. The topological polar surface area (TPSA) is 46.3 Å². The van der Waals surface area contributed by atoms with E-state index in [1.807, 2.05) is 43.5 Å². The average molecular weight is 267 g/mol. The van der Waals surface area contributed by atoms with Crippen LogP contribution in [0.2, 0.25) is 0 Å². The van der Waals surface area contributed by atoms with Crippen LogP contribution >= 0.6 is 0 Å². The highest BCUT2D eigenvalue weighted by Crippen LogP contribution is 2.27. The molecule has 0 saturated carbocycles. The fourth-order valence-corrected chi connectivity index (χ4v) is 2.34. The third-order valence-corrected chi connectivity index (χ3v) is 3.45. The van der Waals surface area contributed by atoms with Crippen LogP contribution in [0, 0.1) is 6.92 Å². The predicted octanol–water partition coefficient (Wildman–Crippen LogP) is 3.80. The Morgan fingerprint density at radius 1 is 1.25 bits per heavy atom. The summed E-state index contributed by atoms with van der Waals surface area (Å²) in [4.78, 5) is 4.07. The van der Waals surface area contributed by atoms with Gasteiger partial charge in [-0.05, 0) is 49.6 Å². The lowest BCUT2D eigenvalue weighted by Gasteiger charge is -2.06. The zero-order chi connectivity index (χ0) is 13.9. The largest absolute Gasteiger partial charge is 0.458 e. The van der Waals surface area contributed by atoms with Gasteiger partial charge in [0.15, 0.2) is 0 Å². The number of fused-ring (bicyclic) bond motifs is 1. The van der Waals surface area contributed by atoms with Crippen LogP contribution in [0.1, 0.15) is 29.4 Å². The summed E-state index contributed by atoms with van der Waals surface area (Å²) in [5, 5.41) is 11.3. The van der Waals surface area contributed by atoms with Gasteiger partial charge in [-0.15, -0.1) is 0 Å². The van der Waals surface area contributed by atoms with Gasteiger partial charge in [0, 0.05) is 17.8 Å². The lowest BCUT2D eigenvalue weighted by molar-refractivity contribution is 0.143. The number of aromatic nitrogens is 1. The van der Waals surface area contributed by atoms with Gasteiger partial charge in [0.25, 0.3) is 0 Å². The van der Waals surface area contributed by atoms with E-state index in [4.69, 9.17) is 4.42 Å². The summed E-state index contributed by atoms with van der Waals surface area (Å²) in [5.74, 6) is 0.634. The number of rotatable bonds is 4. The van der Waals surface area contributed by atoms with Gasteiger partial charge in [-0.1, -0.05) is 17.7 Å². The minimum atomic E-state index is -0.581. The Kier molecular flexibility index (Phi) is 3.52. The van der Waals surface area contributed by atoms with Gasteiger partial charge in [-0.25, -0.2) is 0 Å². The molecule has 102 valence electrons. The van der Waals surface area contributed by atoms with Crippen LogP contribution in [-0.4, -0.2) is 10.1 Å². The molecule has 1 aromatic carbocycles. The maximum atomic E-state index is 10.2. The highest BCUT2D eigenvalue weighted by Gasteiger charge is 2.13. The minimum absolute atomic E-state index is 0.581. The van der Waals surface area contributed by atoms with Crippen molar-refractivity contribution < 1.29 is 9.52 Å². The van der Waals surface area contributed by atoms with Crippen LogP contribution in [-0.2, 0) is 6.42 Å². The third kappa shape index (κ3) is 2.73. The number of hydrogen-bond donors (Lipinski definition) is 1. The van der Waals surface area contributed by atoms with Crippen molar-refractivity contribution in [3.8, 4) is 0 Å². The van der Waals surface area contributed by atoms with E-state index in [1.54, 1.807) is 6.20 Å². The zero-order valence-corrected chi connectivity index (χ0v) is 11.4. The standard InChI is InChI=1S/C17H17NO2/c1-12-4-7-16-14(9-12)10-17(20-16)15(19)6-5-13-3-2-8-18-11-13/h2-4,7-11,15,19H,5-6H2,1H3. The number of aryl methyl sites for hydroxylation is 2. The lowest BCUT2D eigenvalue weighted by Crippen LogP contribution is -1.98. The van der Waals surface area contributed by atoms with Crippen molar-refractivity contribution in [2.24, 2.45) is 0 Å². The molecule has 20 heavy (non-hydrogen) atoms. The molecule has 0 saturated heterocycles. The third-order valence-electron chi connectivity index (χ3n) is 3.45. The van der Waals surface area contributed by atoms with Crippen molar-refractivity contribution in [2.75, 3.05) is 0 Å².